The third-order valence-electron chi connectivity index (χ3n) is 6.28. The van der Waals surface area contributed by atoms with Crippen molar-refractivity contribution in [2.45, 2.75) is 11.8 Å². The highest BCUT2D eigenvalue weighted by Crippen LogP contribution is 2.27. The Labute approximate surface area is 197 Å². The molecule has 1 fully saturated rings. The van der Waals surface area contributed by atoms with Crippen molar-refractivity contribution in [3.05, 3.63) is 60.2 Å². The van der Waals surface area contributed by atoms with Crippen LogP contribution in [-0.2, 0) is 24.1 Å². The molecule has 1 aliphatic rings. The summed E-state index contributed by atoms with van der Waals surface area (Å²) in [7, 11) is -0.125. The fourth-order valence-electron chi connectivity index (χ4n) is 4.23. The number of hydrogen-bond acceptors (Lipinski definition) is 6. The number of fused-ring (bicyclic) bond motifs is 1. The number of sulfonamides is 1. The van der Waals surface area contributed by atoms with E-state index < -0.39 is 10.0 Å². The van der Waals surface area contributed by atoms with Crippen LogP contribution in [0, 0.1) is 6.92 Å². The Morgan fingerprint density at radius 3 is 2.38 bits per heavy atom. The van der Waals surface area contributed by atoms with Crippen LogP contribution >= 0.6 is 0 Å². The van der Waals surface area contributed by atoms with E-state index in [-0.39, 0.29) is 23.9 Å². The molecule has 3 aromatic heterocycles. The number of piperazine rings is 1. The first-order valence-corrected chi connectivity index (χ1v) is 12.4. The van der Waals surface area contributed by atoms with Gasteiger partial charge in [0.05, 0.1) is 34.9 Å². The van der Waals surface area contributed by atoms with E-state index in [9.17, 15) is 13.2 Å². The number of para-hydroxylation sites is 1. The van der Waals surface area contributed by atoms with Gasteiger partial charge in [-0.1, -0.05) is 18.2 Å². The van der Waals surface area contributed by atoms with Crippen LogP contribution in [0.5, 0.6) is 0 Å². The van der Waals surface area contributed by atoms with Crippen molar-refractivity contribution < 1.29 is 13.2 Å². The lowest BCUT2D eigenvalue weighted by Crippen LogP contribution is -2.50. The van der Waals surface area contributed by atoms with Crippen LogP contribution < -0.4 is 0 Å². The SMILES string of the molecule is Cc1c(S(=O)(=O)N2CCN(C(=O)c3cc(-c4cnn(C)c4)nc4ccccc34)CC2)cnn1C. The summed E-state index contributed by atoms with van der Waals surface area (Å²) in [5, 5.41) is 9.04. The molecule has 4 aromatic rings. The first-order chi connectivity index (χ1) is 16.3. The van der Waals surface area contributed by atoms with Gasteiger partial charge in [-0.25, -0.2) is 13.4 Å². The monoisotopic (exact) mass is 479 g/mol. The third-order valence-corrected chi connectivity index (χ3v) is 8.28. The highest BCUT2D eigenvalue weighted by Gasteiger charge is 2.33. The highest BCUT2D eigenvalue weighted by molar-refractivity contribution is 7.89. The summed E-state index contributed by atoms with van der Waals surface area (Å²) < 4.78 is 30.9. The summed E-state index contributed by atoms with van der Waals surface area (Å²) in [6, 6.07) is 9.33. The fraction of sp³-hybridized carbons (Fsp3) is 0.304. The van der Waals surface area contributed by atoms with Crippen molar-refractivity contribution in [1.82, 2.24) is 33.8 Å². The lowest BCUT2D eigenvalue weighted by atomic mass is 10.0. The van der Waals surface area contributed by atoms with E-state index >= 15 is 0 Å². The van der Waals surface area contributed by atoms with E-state index in [1.165, 1.54) is 10.5 Å². The highest BCUT2D eigenvalue weighted by atomic mass is 32.2. The zero-order valence-electron chi connectivity index (χ0n) is 19.2. The van der Waals surface area contributed by atoms with Crippen molar-refractivity contribution in [1.29, 1.82) is 0 Å². The van der Waals surface area contributed by atoms with E-state index in [1.54, 1.807) is 40.5 Å². The number of nitrogens with zero attached hydrogens (tertiary/aromatic N) is 7. The molecule has 0 radical (unpaired) electrons. The summed E-state index contributed by atoms with van der Waals surface area (Å²) in [5.41, 5.74) is 3.35. The van der Waals surface area contributed by atoms with Crippen molar-refractivity contribution in [2.75, 3.05) is 26.2 Å². The van der Waals surface area contributed by atoms with Gasteiger partial charge in [0.25, 0.3) is 5.91 Å². The molecule has 34 heavy (non-hydrogen) atoms. The Bertz CT molecular complexity index is 1500. The van der Waals surface area contributed by atoms with Gasteiger partial charge in [-0.2, -0.15) is 14.5 Å². The number of hydrogen-bond donors (Lipinski definition) is 0. The summed E-state index contributed by atoms with van der Waals surface area (Å²) in [5.74, 6) is -0.140. The quantitative estimate of drug-likeness (QED) is 0.442. The van der Waals surface area contributed by atoms with E-state index in [1.807, 2.05) is 37.5 Å². The molecule has 0 N–H and O–H groups in total. The van der Waals surface area contributed by atoms with Gasteiger partial charge in [0, 0.05) is 57.4 Å². The third kappa shape index (κ3) is 3.76. The number of benzene rings is 1. The molecule has 0 saturated carbocycles. The first-order valence-electron chi connectivity index (χ1n) is 10.9. The van der Waals surface area contributed by atoms with Crippen LogP contribution in [0.1, 0.15) is 16.1 Å². The number of aryl methyl sites for hydroxylation is 2. The molecule has 1 saturated heterocycles. The molecule has 1 aliphatic heterocycles. The molecule has 0 bridgehead atoms. The Morgan fingerprint density at radius 1 is 1.00 bits per heavy atom. The number of aromatic nitrogens is 5. The molecule has 0 spiro atoms. The van der Waals surface area contributed by atoms with E-state index in [2.05, 4.69) is 10.2 Å². The largest absolute Gasteiger partial charge is 0.336 e. The topological polar surface area (TPSA) is 106 Å². The molecule has 11 heteroatoms. The van der Waals surface area contributed by atoms with E-state index in [0.29, 0.717) is 30.0 Å². The normalized spacial score (nSPS) is 15.2. The molecule has 0 atom stereocenters. The van der Waals surface area contributed by atoms with Crippen molar-refractivity contribution in [3.8, 4) is 11.3 Å². The average Bonchev–Trinajstić information content (AvgIpc) is 3.43. The first kappa shape index (κ1) is 22.2. The minimum atomic E-state index is -3.67. The average molecular weight is 480 g/mol. The minimum absolute atomic E-state index is 0.140. The number of carbonyl (C=O) groups excluding carboxylic acids is 1. The fourth-order valence-corrected chi connectivity index (χ4v) is 5.83. The molecule has 176 valence electrons. The second-order valence-electron chi connectivity index (χ2n) is 8.39. The molecule has 0 unspecified atom stereocenters. The van der Waals surface area contributed by atoms with Crippen LogP contribution in [0.25, 0.3) is 22.2 Å². The minimum Gasteiger partial charge on any atom is -0.336 e. The molecule has 10 nitrogen and oxygen atoms in total. The van der Waals surface area contributed by atoms with Gasteiger partial charge in [-0.3, -0.25) is 14.2 Å². The van der Waals surface area contributed by atoms with E-state index in [0.717, 1.165) is 16.5 Å². The van der Waals surface area contributed by atoms with Crippen LogP contribution in [0.15, 0.2) is 53.8 Å². The summed E-state index contributed by atoms with van der Waals surface area (Å²) in [6.45, 7) is 2.78. The molecule has 5 rings (SSSR count). The Balaban J connectivity index is 1.42. The molecular formula is C23H25N7O3S. The van der Waals surface area contributed by atoms with Gasteiger partial charge in [0.1, 0.15) is 4.90 Å². The molecule has 1 amide bonds. The molecule has 4 heterocycles. The van der Waals surface area contributed by atoms with Crippen molar-refractivity contribution >= 4 is 26.8 Å². The van der Waals surface area contributed by atoms with E-state index in [4.69, 9.17) is 4.98 Å². The van der Waals surface area contributed by atoms with Gasteiger partial charge in [0.15, 0.2) is 0 Å². The zero-order valence-corrected chi connectivity index (χ0v) is 20.0. The second kappa shape index (κ2) is 8.33. The van der Waals surface area contributed by atoms with Crippen molar-refractivity contribution in [2.24, 2.45) is 14.1 Å². The number of carbonyl (C=O) groups is 1. The maximum Gasteiger partial charge on any atom is 0.254 e. The summed E-state index contributed by atoms with van der Waals surface area (Å²) in [4.78, 5) is 20.2. The zero-order chi connectivity index (χ0) is 24.0. The predicted molar refractivity (Wildman–Crippen MR) is 127 cm³/mol. The summed E-state index contributed by atoms with van der Waals surface area (Å²) in [6.07, 6.45) is 4.95. The van der Waals surface area contributed by atoms with Crippen LogP contribution in [-0.4, -0.2) is 74.3 Å². The van der Waals surface area contributed by atoms with Crippen LogP contribution in [0.2, 0.25) is 0 Å². The lowest BCUT2D eigenvalue weighted by molar-refractivity contribution is 0.0700. The molecule has 0 aliphatic carbocycles. The Hall–Kier alpha value is -3.57. The van der Waals surface area contributed by atoms with Crippen LogP contribution in [0.3, 0.4) is 0 Å². The van der Waals surface area contributed by atoms with Crippen LogP contribution in [0.4, 0.5) is 0 Å². The van der Waals surface area contributed by atoms with Gasteiger partial charge >= 0.3 is 0 Å². The van der Waals surface area contributed by atoms with Gasteiger partial charge in [-0.15, -0.1) is 0 Å². The maximum absolute atomic E-state index is 13.6. The van der Waals surface area contributed by atoms with Gasteiger partial charge in [-0.05, 0) is 19.1 Å². The van der Waals surface area contributed by atoms with Gasteiger partial charge in [0.2, 0.25) is 10.0 Å². The van der Waals surface area contributed by atoms with Gasteiger partial charge < -0.3 is 4.90 Å². The standard InChI is InChI=1S/C23H25N7O3S/c1-16-22(14-25-28(16)3)34(32,33)30-10-8-29(9-11-30)23(31)19-12-21(17-13-24-27(2)15-17)26-20-7-5-4-6-18(19)20/h4-7,12-15H,8-11H2,1-3H3. The summed E-state index contributed by atoms with van der Waals surface area (Å²) >= 11 is 0. The maximum atomic E-state index is 13.6. The number of pyridine rings is 1. The number of amides is 1. The molecular weight excluding hydrogens is 454 g/mol. The lowest BCUT2D eigenvalue weighted by Gasteiger charge is -2.34. The smallest absolute Gasteiger partial charge is 0.254 e. The number of rotatable bonds is 4. The Kier molecular flexibility index (Phi) is 5.45. The molecule has 1 aromatic carbocycles. The Morgan fingerprint density at radius 2 is 1.74 bits per heavy atom. The second-order valence-corrected chi connectivity index (χ2v) is 10.3. The van der Waals surface area contributed by atoms with Crippen molar-refractivity contribution in [3.63, 3.8) is 0 Å². The predicted octanol–water partition coefficient (Wildman–Crippen LogP) is 1.82.